The van der Waals surface area contributed by atoms with Crippen molar-refractivity contribution in [3.63, 3.8) is 0 Å². The lowest BCUT2D eigenvalue weighted by Crippen LogP contribution is -2.07. The summed E-state index contributed by atoms with van der Waals surface area (Å²) in [5, 5.41) is 12.5. The van der Waals surface area contributed by atoms with E-state index >= 15 is 0 Å². The van der Waals surface area contributed by atoms with E-state index in [9.17, 15) is 9.00 Å². The molecule has 1 fully saturated rings. The van der Waals surface area contributed by atoms with Gasteiger partial charge in [0.25, 0.3) is 0 Å². The zero-order chi connectivity index (χ0) is 13.3. The van der Waals surface area contributed by atoms with Gasteiger partial charge in [-0.2, -0.15) is 0 Å². The maximum Gasteiger partial charge on any atom is 0.335 e. The lowest BCUT2D eigenvalue weighted by atomic mass is 10.2. The molecule has 0 bridgehead atoms. The van der Waals surface area contributed by atoms with Gasteiger partial charge in [0, 0.05) is 12.8 Å². The lowest BCUT2D eigenvalue weighted by molar-refractivity contribution is 0.0696. The minimum atomic E-state index is -1.31. The summed E-state index contributed by atoms with van der Waals surface area (Å²) in [7, 11) is -1.31. The SMILES string of the molecule is CS(=O)c1cc(C(=O)O)cc(NCC2CC2)c1Cl. The Hall–Kier alpha value is -1.07. The van der Waals surface area contributed by atoms with E-state index < -0.39 is 16.8 Å². The smallest absolute Gasteiger partial charge is 0.335 e. The Morgan fingerprint density at radius 3 is 2.72 bits per heavy atom. The molecule has 18 heavy (non-hydrogen) atoms. The van der Waals surface area contributed by atoms with E-state index in [2.05, 4.69) is 5.32 Å². The average molecular weight is 288 g/mol. The zero-order valence-electron chi connectivity index (χ0n) is 9.90. The van der Waals surface area contributed by atoms with Crippen LogP contribution in [0.1, 0.15) is 23.2 Å². The monoisotopic (exact) mass is 287 g/mol. The molecule has 1 unspecified atom stereocenters. The standard InChI is InChI=1S/C12H14ClNO3S/c1-18(17)10-5-8(12(15)16)4-9(11(10)13)14-6-7-2-3-7/h4-5,7,14H,2-3,6H2,1H3,(H,15,16). The number of halogens is 1. The highest BCUT2D eigenvalue weighted by Gasteiger charge is 2.22. The molecule has 0 saturated heterocycles. The van der Waals surface area contributed by atoms with Crippen molar-refractivity contribution in [1.29, 1.82) is 0 Å². The van der Waals surface area contributed by atoms with Gasteiger partial charge in [-0.05, 0) is 30.9 Å². The van der Waals surface area contributed by atoms with Gasteiger partial charge in [0.2, 0.25) is 0 Å². The fourth-order valence-corrected chi connectivity index (χ4v) is 2.79. The van der Waals surface area contributed by atoms with Gasteiger partial charge in [0.1, 0.15) is 0 Å². The van der Waals surface area contributed by atoms with E-state index in [4.69, 9.17) is 16.7 Å². The van der Waals surface area contributed by atoms with Crippen LogP contribution in [0.4, 0.5) is 5.69 Å². The van der Waals surface area contributed by atoms with Crippen LogP contribution in [0.5, 0.6) is 0 Å². The van der Waals surface area contributed by atoms with E-state index in [1.165, 1.54) is 31.2 Å². The van der Waals surface area contributed by atoms with Crippen molar-refractivity contribution >= 4 is 34.1 Å². The highest BCUT2D eigenvalue weighted by atomic mass is 35.5. The van der Waals surface area contributed by atoms with Crippen LogP contribution < -0.4 is 5.32 Å². The van der Waals surface area contributed by atoms with E-state index in [1.807, 2.05) is 0 Å². The second-order valence-corrected chi connectivity index (χ2v) is 6.15. The van der Waals surface area contributed by atoms with E-state index in [0.717, 1.165) is 6.54 Å². The van der Waals surface area contributed by atoms with Crippen LogP contribution in [-0.4, -0.2) is 28.1 Å². The first kappa shape index (κ1) is 13.4. The number of carbonyl (C=O) groups is 1. The molecule has 1 atom stereocenters. The Labute approximate surface area is 113 Å². The van der Waals surface area contributed by atoms with Crippen LogP contribution in [0.3, 0.4) is 0 Å². The molecule has 1 aliphatic rings. The lowest BCUT2D eigenvalue weighted by Gasteiger charge is -2.12. The molecule has 6 heteroatoms. The van der Waals surface area contributed by atoms with E-state index in [0.29, 0.717) is 21.5 Å². The van der Waals surface area contributed by atoms with Crippen molar-refractivity contribution in [2.45, 2.75) is 17.7 Å². The molecule has 2 N–H and O–H groups in total. The van der Waals surface area contributed by atoms with Gasteiger partial charge < -0.3 is 10.4 Å². The molecule has 2 rings (SSSR count). The van der Waals surface area contributed by atoms with Gasteiger partial charge in [-0.1, -0.05) is 11.6 Å². The molecule has 98 valence electrons. The Morgan fingerprint density at radius 2 is 2.22 bits per heavy atom. The number of rotatable bonds is 5. The van der Waals surface area contributed by atoms with Gasteiger partial charge in [-0.25, -0.2) is 4.79 Å². The number of aromatic carboxylic acids is 1. The van der Waals surface area contributed by atoms with Crippen molar-refractivity contribution in [3.8, 4) is 0 Å². The first-order valence-corrected chi connectivity index (χ1v) is 7.56. The quantitative estimate of drug-likeness (QED) is 0.873. The number of benzene rings is 1. The highest BCUT2D eigenvalue weighted by molar-refractivity contribution is 7.84. The van der Waals surface area contributed by atoms with E-state index in [1.54, 1.807) is 0 Å². The maximum atomic E-state index is 11.5. The Balaban J connectivity index is 2.34. The number of carboxylic acid groups (broad SMARTS) is 1. The van der Waals surface area contributed by atoms with Crippen molar-refractivity contribution in [1.82, 2.24) is 0 Å². The summed E-state index contributed by atoms with van der Waals surface area (Å²) in [5.41, 5.74) is 0.650. The Kier molecular flexibility index (Phi) is 3.92. The minimum Gasteiger partial charge on any atom is -0.478 e. The summed E-state index contributed by atoms with van der Waals surface area (Å²) >= 11 is 6.14. The molecule has 0 heterocycles. The van der Waals surface area contributed by atoms with Gasteiger partial charge in [-0.3, -0.25) is 4.21 Å². The molecular weight excluding hydrogens is 274 g/mol. The molecule has 0 spiro atoms. The summed E-state index contributed by atoms with van der Waals surface area (Å²) < 4.78 is 11.5. The fraction of sp³-hybridized carbons (Fsp3) is 0.417. The van der Waals surface area contributed by atoms with Crippen molar-refractivity contribution in [2.24, 2.45) is 5.92 Å². The molecule has 0 aromatic heterocycles. The first-order chi connectivity index (χ1) is 8.49. The summed E-state index contributed by atoms with van der Waals surface area (Å²) in [6.45, 7) is 0.776. The Morgan fingerprint density at radius 1 is 1.56 bits per heavy atom. The Bertz CT molecular complexity index is 514. The molecule has 1 aromatic rings. The van der Waals surface area contributed by atoms with Crippen LogP contribution in [0.2, 0.25) is 5.02 Å². The average Bonchev–Trinajstić information content (AvgIpc) is 3.10. The molecule has 0 aliphatic heterocycles. The highest BCUT2D eigenvalue weighted by Crippen LogP contribution is 2.33. The molecule has 0 amide bonds. The third-order valence-electron chi connectivity index (χ3n) is 2.87. The van der Waals surface area contributed by atoms with Crippen LogP contribution in [0.25, 0.3) is 0 Å². The van der Waals surface area contributed by atoms with Crippen LogP contribution in [0, 0.1) is 5.92 Å². The zero-order valence-corrected chi connectivity index (χ0v) is 11.5. The van der Waals surface area contributed by atoms with Crippen LogP contribution in [-0.2, 0) is 10.8 Å². The predicted molar refractivity (Wildman–Crippen MR) is 72.0 cm³/mol. The number of nitrogens with one attached hydrogen (secondary N) is 1. The molecular formula is C12H14ClNO3S. The van der Waals surface area contributed by atoms with Crippen molar-refractivity contribution < 1.29 is 14.1 Å². The first-order valence-electron chi connectivity index (χ1n) is 5.63. The maximum absolute atomic E-state index is 11.5. The molecule has 0 radical (unpaired) electrons. The molecule has 1 aliphatic carbocycles. The number of hydrogen-bond acceptors (Lipinski definition) is 3. The van der Waals surface area contributed by atoms with Gasteiger partial charge in [0.05, 0.1) is 32.0 Å². The van der Waals surface area contributed by atoms with Gasteiger partial charge in [-0.15, -0.1) is 0 Å². The largest absolute Gasteiger partial charge is 0.478 e. The summed E-state index contributed by atoms with van der Waals surface area (Å²) in [5.74, 6) is -0.405. The van der Waals surface area contributed by atoms with Crippen LogP contribution in [0.15, 0.2) is 17.0 Å². The summed E-state index contributed by atoms with van der Waals surface area (Å²) in [6, 6.07) is 2.85. The molecule has 1 saturated carbocycles. The van der Waals surface area contributed by atoms with Gasteiger partial charge >= 0.3 is 5.97 Å². The fourth-order valence-electron chi connectivity index (χ4n) is 1.64. The van der Waals surface area contributed by atoms with E-state index in [-0.39, 0.29) is 5.56 Å². The van der Waals surface area contributed by atoms with Crippen LogP contribution >= 0.6 is 11.6 Å². The van der Waals surface area contributed by atoms with Crippen molar-refractivity contribution in [2.75, 3.05) is 18.1 Å². The second kappa shape index (κ2) is 5.28. The second-order valence-electron chi connectivity index (χ2n) is 4.42. The molecule has 1 aromatic carbocycles. The van der Waals surface area contributed by atoms with Gasteiger partial charge in [0.15, 0.2) is 0 Å². The number of hydrogen-bond donors (Lipinski definition) is 2. The summed E-state index contributed by atoms with van der Waals surface area (Å²) in [6.07, 6.45) is 3.86. The number of carboxylic acids is 1. The third-order valence-corrected chi connectivity index (χ3v) is 4.33. The summed E-state index contributed by atoms with van der Waals surface area (Å²) in [4.78, 5) is 11.4. The molecule has 4 nitrogen and oxygen atoms in total. The predicted octanol–water partition coefficient (Wildman–Crippen LogP) is 2.60. The third kappa shape index (κ3) is 3.03. The normalized spacial score (nSPS) is 16.3. The topological polar surface area (TPSA) is 66.4 Å². The number of anilines is 1. The van der Waals surface area contributed by atoms with Crippen molar-refractivity contribution in [3.05, 3.63) is 22.7 Å². The minimum absolute atomic E-state index is 0.0999.